The van der Waals surface area contributed by atoms with Gasteiger partial charge in [0.15, 0.2) is 0 Å². The molecule has 0 bridgehead atoms. The summed E-state index contributed by atoms with van der Waals surface area (Å²) in [6, 6.07) is 5.32. The molecule has 4 N–H and O–H groups in total. The molecule has 1 atom stereocenters. The predicted molar refractivity (Wildman–Crippen MR) is 95.4 cm³/mol. The number of nitrogens with one attached hydrogen (secondary N) is 1. The number of aliphatic carboxylic acids is 1. The number of carbonyl (C=O) groups is 1. The van der Waals surface area contributed by atoms with Gasteiger partial charge in [-0.1, -0.05) is 50.5 Å². The molecular formula is C19H26N2O2. The van der Waals surface area contributed by atoms with Crippen LogP contribution in [0.3, 0.4) is 0 Å². The fourth-order valence-corrected chi connectivity index (χ4v) is 2.71. The van der Waals surface area contributed by atoms with Gasteiger partial charge in [-0.25, -0.2) is 0 Å². The zero-order chi connectivity index (χ0) is 16.7. The maximum Gasteiger partial charge on any atom is 0.320 e. The lowest BCUT2D eigenvalue weighted by Gasteiger charge is -2.05. The average Bonchev–Trinajstić information content (AvgIpc) is 2.93. The third kappa shape index (κ3) is 4.96. The van der Waals surface area contributed by atoms with Crippen molar-refractivity contribution in [2.24, 2.45) is 5.73 Å². The van der Waals surface area contributed by atoms with Crippen molar-refractivity contribution in [2.75, 3.05) is 0 Å². The van der Waals surface area contributed by atoms with Crippen LogP contribution in [-0.2, 0) is 11.2 Å². The van der Waals surface area contributed by atoms with Gasteiger partial charge in [0, 0.05) is 23.5 Å². The number of hydrogen-bond acceptors (Lipinski definition) is 2. The summed E-state index contributed by atoms with van der Waals surface area (Å²) in [6.45, 7) is 2.22. The first-order chi connectivity index (χ1) is 11.1. The van der Waals surface area contributed by atoms with Gasteiger partial charge in [0.2, 0.25) is 0 Å². The second-order valence-corrected chi connectivity index (χ2v) is 6.02. The molecule has 2 rings (SSSR count). The SMILES string of the molecule is CCCCCC/C=C/c1ccc2c(C[C@H](N)C(=O)O)c[nH]c2c1. The van der Waals surface area contributed by atoms with E-state index in [0.29, 0.717) is 6.42 Å². The molecule has 4 heteroatoms. The van der Waals surface area contributed by atoms with Gasteiger partial charge in [-0.3, -0.25) is 4.79 Å². The Bertz CT molecular complexity index is 673. The Kier molecular flexibility index (Phi) is 6.41. The fraction of sp³-hybridized carbons (Fsp3) is 0.421. The van der Waals surface area contributed by atoms with Crippen LogP contribution in [0.15, 0.2) is 30.5 Å². The molecule has 1 aromatic carbocycles. The van der Waals surface area contributed by atoms with Crippen LogP contribution in [0.1, 0.15) is 50.2 Å². The minimum Gasteiger partial charge on any atom is -0.480 e. The Morgan fingerprint density at radius 2 is 2.17 bits per heavy atom. The normalized spacial score (nSPS) is 13.0. The van der Waals surface area contributed by atoms with Crippen molar-refractivity contribution in [1.82, 2.24) is 4.98 Å². The van der Waals surface area contributed by atoms with E-state index in [0.717, 1.165) is 28.5 Å². The first-order valence-corrected chi connectivity index (χ1v) is 8.36. The standard InChI is InChI=1S/C19H26N2O2/c1-2-3-4-5-6-7-8-14-9-10-16-15(12-17(20)19(22)23)13-21-18(16)11-14/h7-11,13,17,21H,2-6,12,20H2,1H3,(H,22,23)/b8-7+/t17-/m0/s1. The van der Waals surface area contributed by atoms with Gasteiger partial charge in [-0.15, -0.1) is 0 Å². The van der Waals surface area contributed by atoms with Crippen LogP contribution in [0.4, 0.5) is 0 Å². The lowest BCUT2D eigenvalue weighted by atomic mass is 10.0. The van der Waals surface area contributed by atoms with Crippen molar-refractivity contribution >= 4 is 22.9 Å². The molecule has 0 aliphatic heterocycles. The van der Waals surface area contributed by atoms with Crippen molar-refractivity contribution in [2.45, 2.75) is 51.5 Å². The van der Waals surface area contributed by atoms with Gasteiger partial charge < -0.3 is 15.8 Å². The molecular weight excluding hydrogens is 288 g/mol. The molecule has 2 aromatic rings. The molecule has 0 radical (unpaired) electrons. The number of fused-ring (bicyclic) bond motifs is 1. The van der Waals surface area contributed by atoms with E-state index < -0.39 is 12.0 Å². The molecule has 0 unspecified atom stereocenters. The van der Waals surface area contributed by atoms with E-state index in [9.17, 15) is 4.79 Å². The van der Waals surface area contributed by atoms with Crippen molar-refractivity contribution in [3.8, 4) is 0 Å². The van der Waals surface area contributed by atoms with E-state index in [2.05, 4.69) is 36.2 Å². The van der Waals surface area contributed by atoms with Crippen LogP contribution in [0.2, 0.25) is 0 Å². The summed E-state index contributed by atoms with van der Waals surface area (Å²) in [4.78, 5) is 14.1. The summed E-state index contributed by atoms with van der Waals surface area (Å²) < 4.78 is 0. The number of allylic oxidation sites excluding steroid dienone is 1. The number of aromatic nitrogens is 1. The van der Waals surface area contributed by atoms with Crippen LogP contribution >= 0.6 is 0 Å². The van der Waals surface area contributed by atoms with E-state index in [1.165, 1.54) is 25.7 Å². The quantitative estimate of drug-likeness (QED) is 0.609. The van der Waals surface area contributed by atoms with Crippen LogP contribution < -0.4 is 5.73 Å². The highest BCUT2D eigenvalue weighted by Gasteiger charge is 2.14. The van der Waals surface area contributed by atoms with Gasteiger partial charge >= 0.3 is 5.97 Å². The molecule has 0 fully saturated rings. The number of unbranched alkanes of at least 4 members (excludes halogenated alkanes) is 4. The van der Waals surface area contributed by atoms with Crippen molar-refractivity contribution in [1.29, 1.82) is 0 Å². The van der Waals surface area contributed by atoms with Gasteiger partial charge in [0.1, 0.15) is 6.04 Å². The molecule has 0 saturated carbocycles. The number of carboxylic acid groups (broad SMARTS) is 1. The zero-order valence-electron chi connectivity index (χ0n) is 13.7. The van der Waals surface area contributed by atoms with E-state index >= 15 is 0 Å². The molecule has 1 aromatic heterocycles. The lowest BCUT2D eigenvalue weighted by Crippen LogP contribution is -2.32. The fourth-order valence-electron chi connectivity index (χ4n) is 2.71. The van der Waals surface area contributed by atoms with Crippen LogP contribution in [0.5, 0.6) is 0 Å². The van der Waals surface area contributed by atoms with E-state index in [4.69, 9.17) is 10.8 Å². The van der Waals surface area contributed by atoms with Crippen LogP contribution in [0, 0.1) is 0 Å². The Labute approximate surface area is 137 Å². The number of carboxylic acids is 1. The molecule has 1 heterocycles. The largest absolute Gasteiger partial charge is 0.480 e. The van der Waals surface area contributed by atoms with Crippen LogP contribution in [-0.4, -0.2) is 22.1 Å². The first-order valence-electron chi connectivity index (χ1n) is 8.36. The number of nitrogens with two attached hydrogens (primary N) is 1. The van der Waals surface area contributed by atoms with Crippen LogP contribution in [0.25, 0.3) is 17.0 Å². The molecule has 23 heavy (non-hydrogen) atoms. The van der Waals surface area contributed by atoms with E-state index in [1.54, 1.807) is 0 Å². The third-order valence-corrected chi connectivity index (χ3v) is 4.08. The summed E-state index contributed by atoms with van der Waals surface area (Å²) in [6.07, 6.45) is 12.8. The highest BCUT2D eigenvalue weighted by Crippen LogP contribution is 2.21. The van der Waals surface area contributed by atoms with Gasteiger partial charge in [0.25, 0.3) is 0 Å². The summed E-state index contributed by atoms with van der Waals surface area (Å²) in [5, 5.41) is 9.97. The minimum absolute atomic E-state index is 0.335. The Balaban J connectivity index is 2.00. The number of hydrogen-bond donors (Lipinski definition) is 3. The maximum absolute atomic E-state index is 10.9. The lowest BCUT2D eigenvalue weighted by molar-refractivity contribution is -0.138. The topological polar surface area (TPSA) is 79.1 Å². The smallest absolute Gasteiger partial charge is 0.320 e. The van der Waals surface area contributed by atoms with Crippen molar-refractivity contribution in [3.63, 3.8) is 0 Å². The number of H-pyrrole nitrogens is 1. The maximum atomic E-state index is 10.9. The predicted octanol–water partition coefficient (Wildman–Crippen LogP) is 4.11. The molecule has 0 amide bonds. The van der Waals surface area contributed by atoms with Gasteiger partial charge in [0.05, 0.1) is 0 Å². The highest BCUT2D eigenvalue weighted by atomic mass is 16.4. The monoisotopic (exact) mass is 314 g/mol. The van der Waals surface area contributed by atoms with Crippen molar-refractivity contribution in [3.05, 3.63) is 41.6 Å². The number of rotatable bonds is 9. The molecule has 0 saturated heterocycles. The average molecular weight is 314 g/mol. The highest BCUT2D eigenvalue weighted by molar-refractivity contribution is 5.86. The first kappa shape index (κ1) is 17.3. The second-order valence-electron chi connectivity index (χ2n) is 6.02. The Morgan fingerprint density at radius 3 is 2.91 bits per heavy atom. The summed E-state index contributed by atoms with van der Waals surface area (Å²) in [5.41, 5.74) is 8.74. The Morgan fingerprint density at radius 1 is 1.35 bits per heavy atom. The minimum atomic E-state index is -0.970. The third-order valence-electron chi connectivity index (χ3n) is 4.08. The van der Waals surface area contributed by atoms with Gasteiger partial charge in [-0.05, 0) is 30.0 Å². The zero-order valence-corrected chi connectivity index (χ0v) is 13.7. The number of aromatic amines is 1. The number of benzene rings is 1. The summed E-state index contributed by atoms with van der Waals surface area (Å²) >= 11 is 0. The molecule has 0 aliphatic rings. The molecule has 124 valence electrons. The Hall–Kier alpha value is -2.07. The summed E-state index contributed by atoms with van der Waals surface area (Å²) in [5.74, 6) is -0.970. The summed E-state index contributed by atoms with van der Waals surface area (Å²) in [7, 11) is 0. The van der Waals surface area contributed by atoms with E-state index in [-0.39, 0.29) is 0 Å². The van der Waals surface area contributed by atoms with Crippen molar-refractivity contribution < 1.29 is 9.90 Å². The second kappa shape index (κ2) is 8.53. The van der Waals surface area contributed by atoms with Gasteiger partial charge in [-0.2, -0.15) is 0 Å². The molecule has 0 spiro atoms. The molecule has 0 aliphatic carbocycles. The van der Waals surface area contributed by atoms with E-state index in [1.807, 2.05) is 12.3 Å². The molecule has 4 nitrogen and oxygen atoms in total.